The average molecular weight is 311 g/mol. The lowest BCUT2D eigenvalue weighted by atomic mass is 9.87. The summed E-state index contributed by atoms with van der Waals surface area (Å²) in [6.45, 7) is 4.54. The van der Waals surface area contributed by atoms with Crippen molar-refractivity contribution in [3.05, 3.63) is 0 Å². The molecule has 0 aromatic carbocycles. The molecule has 0 aromatic rings. The fourth-order valence-electron chi connectivity index (χ4n) is 4.32. The van der Waals surface area contributed by atoms with E-state index >= 15 is 0 Å². The fraction of sp³-hybridized carbons (Fsp3) is 0.941. The van der Waals surface area contributed by atoms with Gasteiger partial charge in [0, 0.05) is 30.3 Å². The van der Waals surface area contributed by atoms with Crippen LogP contribution in [0.4, 0.5) is 0 Å². The van der Waals surface area contributed by atoms with Crippen LogP contribution < -0.4 is 0 Å². The number of likely N-dealkylation sites (tertiary alicyclic amines) is 2. The van der Waals surface area contributed by atoms with E-state index < -0.39 is 0 Å². The van der Waals surface area contributed by atoms with Crippen molar-refractivity contribution >= 4 is 18.5 Å². The topological polar surface area (TPSA) is 23.6 Å². The van der Waals surface area contributed by atoms with E-state index in [-0.39, 0.29) is 0 Å². The molecule has 1 aliphatic carbocycles. The van der Waals surface area contributed by atoms with Crippen molar-refractivity contribution in [2.75, 3.05) is 26.2 Å². The second kappa shape index (κ2) is 7.36. The van der Waals surface area contributed by atoms with Crippen LogP contribution in [-0.2, 0) is 4.79 Å². The number of rotatable bonds is 2. The maximum Gasteiger partial charge on any atom is 0.225 e. The Morgan fingerprint density at radius 3 is 2.05 bits per heavy atom. The van der Waals surface area contributed by atoms with Crippen LogP contribution in [0, 0.1) is 5.92 Å². The van der Waals surface area contributed by atoms with Crippen molar-refractivity contribution in [2.24, 2.45) is 5.92 Å². The van der Waals surface area contributed by atoms with Gasteiger partial charge in [0.1, 0.15) is 0 Å². The van der Waals surface area contributed by atoms with E-state index in [1.54, 1.807) is 0 Å². The second-order valence-corrected chi connectivity index (χ2v) is 7.89. The molecule has 1 amide bonds. The van der Waals surface area contributed by atoms with Crippen molar-refractivity contribution in [2.45, 2.75) is 69.1 Å². The Morgan fingerprint density at radius 2 is 1.43 bits per heavy atom. The molecule has 0 aromatic heterocycles. The summed E-state index contributed by atoms with van der Waals surface area (Å²) in [6.07, 6.45) is 10.9. The molecule has 3 nitrogen and oxygen atoms in total. The van der Waals surface area contributed by atoms with Crippen molar-refractivity contribution in [1.29, 1.82) is 0 Å². The standard InChI is InChI=1S/C17H30N2OS/c20-17(14-4-6-16(21)7-5-14)19-12-8-15(9-13-19)18-10-2-1-3-11-18/h14-16,21H,1-13H2. The van der Waals surface area contributed by atoms with Crippen molar-refractivity contribution in [3.8, 4) is 0 Å². The number of hydrogen-bond donors (Lipinski definition) is 1. The van der Waals surface area contributed by atoms with Crippen molar-refractivity contribution in [3.63, 3.8) is 0 Å². The SMILES string of the molecule is O=C(C1CCC(S)CC1)N1CCC(N2CCCCC2)CC1. The van der Waals surface area contributed by atoms with E-state index in [4.69, 9.17) is 0 Å². The van der Waals surface area contributed by atoms with Gasteiger partial charge in [0.05, 0.1) is 0 Å². The molecule has 2 heterocycles. The summed E-state index contributed by atoms with van der Waals surface area (Å²) < 4.78 is 0. The van der Waals surface area contributed by atoms with Crippen molar-refractivity contribution in [1.82, 2.24) is 9.80 Å². The number of amides is 1. The van der Waals surface area contributed by atoms with E-state index in [2.05, 4.69) is 22.4 Å². The Hall–Kier alpha value is -0.220. The average Bonchev–Trinajstić information content (AvgIpc) is 2.56. The van der Waals surface area contributed by atoms with E-state index in [1.807, 2.05) is 0 Å². The summed E-state index contributed by atoms with van der Waals surface area (Å²) in [4.78, 5) is 17.5. The fourth-order valence-corrected chi connectivity index (χ4v) is 4.61. The lowest BCUT2D eigenvalue weighted by Gasteiger charge is -2.41. The highest BCUT2D eigenvalue weighted by Gasteiger charge is 2.32. The summed E-state index contributed by atoms with van der Waals surface area (Å²) in [7, 11) is 0. The normalized spacial score (nSPS) is 33.1. The van der Waals surface area contributed by atoms with Gasteiger partial charge in [0.15, 0.2) is 0 Å². The van der Waals surface area contributed by atoms with Gasteiger partial charge in [-0.05, 0) is 64.5 Å². The van der Waals surface area contributed by atoms with E-state index in [1.165, 1.54) is 45.2 Å². The Morgan fingerprint density at radius 1 is 0.810 bits per heavy atom. The van der Waals surface area contributed by atoms with E-state index in [0.29, 0.717) is 17.1 Å². The summed E-state index contributed by atoms with van der Waals surface area (Å²) in [6, 6.07) is 0.738. The summed E-state index contributed by atoms with van der Waals surface area (Å²) in [5, 5.41) is 0.527. The molecule has 0 atom stereocenters. The lowest BCUT2D eigenvalue weighted by Crippen LogP contribution is -2.49. The van der Waals surface area contributed by atoms with Gasteiger partial charge in [-0.1, -0.05) is 6.42 Å². The third-order valence-corrected chi connectivity index (χ3v) is 6.25. The smallest absolute Gasteiger partial charge is 0.225 e. The van der Waals surface area contributed by atoms with Crippen LogP contribution in [0.5, 0.6) is 0 Å². The molecule has 4 heteroatoms. The first-order valence-electron chi connectivity index (χ1n) is 8.95. The molecule has 0 unspecified atom stereocenters. The van der Waals surface area contributed by atoms with Gasteiger partial charge < -0.3 is 9.80 Å². The number of carbonyl (C=O) groups is 1. The molecule has 21 heavy (non-hydrogen) atoms. The van der Waals surface area contributed by atoms with Crippen LogP contribution in [-0.4, -0.2) is 53.2 Å². The van der Waals surface area contributed by atoms with Crippen LogP contribution in [0.25, 0.3) is 0 Å². The molecule has 0 N–H and O–H groups in total. The quantitative estimate of drug-likeness (QED) is 0.793. The number of nitrogens with zero attached hydrogens (tertiary/aromatic N) is 2. The van der Waals surface area contributed by atoms with E-state index in [0.717, 1.165) is 44.8 Å². The van der Waals surface area contributed by atoms with Gasteiger partial charge in [-0.3, -0.25) is 4.79 Å². The molecule has 0 spiro atoms. The molecule has 2 aliphatic heterocycles. The highest BCUT2D eigenvalue weighted by atomic mass is 32.1. The Bertz CT molecular complexity index is 341. The van der Waals surface area contributed by atoms with E-state index in [9.17, 15) is 4.79 Å². The Kier molecular flexibility index (Phi) is 5.49. The van der Waals surface area contributed by atoms with Gasteiger partial charge in [-0.2, -0.15) is 12.6 Å². The van der Waals surface area contributed by atoms with Crippen LogP contribution >= 0.6 is 12.6 Å². The molecule has 0 bridgehead atoms. The first-order valence-corrected chi connectivity index (χ1v) is 9.46. The summed E-state index contributed by atoms with van der Waals surface area (Å²) in [5.74, 6) is 0.729. The molecule has 3 rings (SSSR count). The largest absolute Gasteiger partial charge is 0.342 e. The highest BCUT2D eigenvalue weighted by Crippen LogP contribution is 2.30. The summed E-state index contributed by atoms with van der Waals surface area (Å²) in [5.41, 5.74) is 0. The van der Waals surface area contributed by atoms with Gasteiger partial charge >= 0.3 is 0 Å². The number of piperidine rings is 2. The molecule has 3 fully saturated rings. The number of carbonyl (C=O) groups excluding carboxylic acids is 1. The maximum absolute atomic E-state index is 12.6. The molecular weight excluding hydrogens is 280 g/mol. The maximum atomic E-state index is 12.6. The van der Waals surface area contributed by atoms with Crippen LogP contribution in [0.3, 0.4) is 0 Å². The zero-order valence-electron chi connectivity index (χ0n) is 13.2. The predicted octanol–water partition coefficient (Wildman–Crippen LogP) is 2.95. The predicted molar refractivity (Wildman–Crippen MR) is 89.8 cm³/mol. The van der Waals surface area contributed by atoms with Gasteiger partial charge in [-0.15, -0.1) is 0 Å². The van der Waals surface area contributed by atoms with Gasteiger partial charge in [0.25, 0.3) is 0 Å². The third kappa shape index (κ3) is 3.95. The number of hydrogen-bond acceptors (Lipinski definition) is 3. The van der Waals surface area contributed by atoms with Gasteiger partial charge in [-0.25, -0.2) is 0 Å². The first-order chi connectivity index (χ1) is 10.2. The number of thiol groups is 1. The lowest BCUT2D eigenvalue weighted by molar-refractivity contribution is -0.138. The first kappa shape index (κ1) is 15.7. The van der Waals surface area contributed by atoms with Gasteiger partial charge in [0.2, 0.25) is 5.91 Å². The monoisotopic (exact) mass is 310 g/mol. The van der Waals surface area contributed by atoms with Crippen LogP contribution in [0.2, 0.25) is 0 Å². The molecule has 120 valence electrons. The Labute approximate surface area is 134 Å². The summed E-state index contributed by atoms with van der Waals surface area (Å²) >= 11 is 4.54. The molecule has 1 saturated carbocycles. The minimum atomic E-state index is 0.292. The van der Waals surface area contributed by atoms with Crippen molar-refractivity contribution < 1.29 is 4.79 Å². The molecule has 2 saturated heterocycles. The zero-order chi connectivity index (χ0) is 14.7. The third-order valence-electron chi connectivity index (χ3n) is 5.73. The zero-order valence-corrected chi connectivity index (χ0v) is 14.1. The molecule has 3 aliphatic rings. The molecule has 0 radical (unpaired) electrons. The van der Waals surface area contributed by atoms with Crippen LogP contribution in [0.15, 0.2) is 0 Å². The minimum absolute atomic E-state index is 0.292. The Balaban J connectivity index is 1.45. The highest BCUT2D eigenvalue weighted by molar-refractivity contribution is 7.80. The van der Waals surface area contributed by atoms with Crippen LogP contribution in [0.1, 0.15) is 57.8 Å². The molecular formula is C17H30N2OS. The minimum Gasteiger partial charge on any atom is -0.342 e. The second-order valence-electron chi connectivity index (χ2n) is 7.16.